The van der Waals surface area contributed by atoms with E-state index in [9.17, 15) is 19.1 Å². The van der Waals surface area contributed by atoms with Crippen molar-refractivity contribution in [3.63, 3.8) is 0 Å². The van der Waals surface area contributed by atoms with Gasteiger partial charge in [-0.05, 0) is 35.7 Å². The topological polar surface area (TPSA) is 95.9 Å². The fraction of sp³-hybridized carbons (Fsp3) is 0.154. The maximum atomic E-state index is 11.9. The second kappa shape index (κ2) is 10.0. The molecule has 1 heterocycles. The van der Waals surface area contributed by atoms with E-state index in [-0.39, 0.29) is 62.0 Å². The molecule has 0 saturated carbocycles. The van der Waals surface area contributed by atoms with Crippen molar-refractivity contribution in [3.8, 4) is 5.75 Å². The summed E-state index contributed by atoms with van der Waals surface area (Å²) in [5.41, 5.74) is -1.59. The van der Waals surface area contributed by atoms with Gasteiger partial charge in [-0.15, -0.1) is 11.3 Å². The van der Waals surface area contributed by atoms with Crippen LogP contribution in [0.5, 0.6) is 5.75 Å². The predicted molar refractivity (Wildman–Crippen MR) is 84.7 cm³/mol. The molecule has 2 aromatic rings. The van der Waals surface area contributed by atoms with Gasteiger partial charge in [0.25, 0.3) is 5.56 Å². The SMILES string of the molecule is O=C(OC(c1cccs1)P(=O)([O-])O)C(Cl)Oc1ccc(Cl)cc1.[K+]. The minimum Gasteiger partial charge on any atom is -0.776 e. The molecule has 6 nitrogen and oxygen atoms in total. The molecule has 0 aliphatic heterocycles. The Morgan fingerprint density at radius 2 is 1.92 bits per heavy atom. The van der Waals surface area contributed by atoms with Gasteiger partial charge in [-0.3, -0.25) is 0 Å². The second-order valence-corrected chi connectivity index (χ2v) is 7.67. The van der Waals surface area contributed by atoms with Crippen LogP contribution in [0.15, 0.2) is 41.8 Å². The van der Waals surface area contributed by atoms with Crippen LogP contribution in [-0.2, 0) is 14.1 Å². The van der Waals surface area contributed by atoms with Crippen molar-refractivity contribution in [1.29, 1.82) is 0 Å². The second-order valence-electron chi connectivity index (χ2n) is 4.26. The molecule has 0 saturated heterocycles. The van der Waals surface area contributed by atoms with Crippen LogP contribution in [0.3, 0.4) is 0 Å². The average Bonchev–Trinajstić information content (AvgIpc) is 2.99. The van der Waals surface area contributed by atoms with E-state index in [1.54, 1.807) is 11.4 Å². The van der Waals surface area contributed by atoms with E-state index in [1.807, 2.05) is 0 Å². The van der Waals surface area contributed by atoms with Crippen molar-refractivity contribution >= 4 is 48.1 Å². The third-order valence-corrected chi connectivity index (χ3v) is 5.13. The van der Waals surface area contributed by atoms with E-state index in [0.717, 1.165) is 11.3 Å². The zero-order valence-corrected chi connectivity index (χ0v) is 18.6. The fourth-order valence-electron chi connectivity index (χ4n) is 1.56. The first-order valence-corrected chi connectivity index (χ1v) is 9.45. The summed E-state index contributed by atoms with van der Waals surface area (Å²) in [6.45, 7) is 0. The van der Waals surface area contributed by atoms with Gasteiger partial charge in [-0.1, -0.05) is 29.3 Å². The Balaban J connectivity index is 0.00000288. The summed E-state index contributed by atoms with van der Waals surface area (Å²) < 4.78 is 21.3. The molecule has 0 amide bonds. The molecule has 11 heteroatoms. The van der Waals surface area contributed by atoms with Gasteiger partial charge in [0.1, 0.15) is 5.75 Å². The van der Waals surface area contributed by atoms with E-state index in [1.165, 1.54) is 30.3 Å². The van der Waals surface area contributed by atoms with Crippen LogP contribution in [-0.4, -0.2) is 16.4 Å². The molecule has 3 unspecified atom stereocenters. The molecule has 1 N–H and O–H groups in total. The smallest absolute Gasteiger partial charge is 0.776 e. The molecular weight excluding hydrogens is 425 g/mol. The molecule has 0 spiro atoms. The van der Waals surface area contributed by atoms with Gasteiger partial charge in [0.05, 0.1) is 4.88 Å². The summed E-state index contributed by atoms with van der Waals surface area (Å²) in [5.74, 6) is -2.73. The van der Waals surface area contributed by atoms with E-state index in [0.29, 0.717) is 5.02 Å². The van der Waals surface area contributed by atoms with Crippen molar-refractivity contribution in [2.24, 2.45) is 0 Å². The van der Waals surface area contributed by atoms with Crippen LogP contribution in [0, 0.1) is 0 Å². The first kappa shape index (κ1) is 22.6. The van der Waals surface area contributed by atoms with Crippen LogP contribution >= 0.6 is 42.1 Å². The van der Waals surface area contributed by atoms with Crippen LogP contribution in [0.1, 0.15) is 10.7 Å². The Bertz CT molecular complexity index is 706. The Labute approximate surface area is 194 Å². The molecule has 124 valence electrons. The largest absolute Gasteiger partial charge is 1.00 e. The molecule has 0 aliphatic carbocycles. The molecular formula is C13H10Cl2KO6PS. The molecule has 0 aliphatic rings. The van der Waals surface area contributed by atoms with Crippen molar-refractivity contribution in [2.45, 2.75) is 11.4 Å². The number of carbonyl (C=O) groups excluding carboxylic acids is 1. The molecule has 2 rings (SSSR count). The summed E-state index contributed by atoms with van der Waals surface area (Å²) in [6, 6.07) is 8.98. The van der Waals surface area contributed by atoms with Gasteiger partial charge in [-0.25, -0.2) is 4.79 Å². The van der Waals surface area contributed by atoms with Gasteiger partial charge >= 0.3 is 57.4 Å². The number of halogens is 2. The van der Waals surface area contributed by atoms with Gasteiger partial charge in [0.2, 0.25) is 0 Å². The number of benzene rings is 1. The Hall–Kier alpha value is 0.556. The molecule has 24 heavy (non-hydrogen) atoms. The number of rotatable bonds is 6. The van der Waals surface area contributed by atoms with Crippen LogP contribution in [0.25, 0.3) is 0 Å². The molecule has 0 fully saturated rings. The zero-order chi connectivity index (χ0) is 17.0. The summed E-state index contributed by atoms with van der Waals surface area (Å²) in [5, 5.41) is 2.05. The first-order chi connectivity index (χ1) is 10.8. The standard InChI is InChI=1S/C13H11Cl2O6PS.K/c14-8-3-5-9(6-4-8)20-11(15)12(16)21-13(22(17,18)19)10-2-1-7-23-10;/h1-7,11,13H,(H2,17,18,19);/q;+1/p-1. The van der Waals surface area contributed by atoms with Gasteiger partial charge in [0, 0.05) is 5.02 Å². The number of carbonyl (C=O) groups is 1. The number of alkyl halides is 1. The average molecular weight is 435 g/mol. The van der Waals surface area contributed by atoms with E-state index < -0.39 is 25.0 Å². The summed E-state index contributed by atoms with van der Waals surface area (Å²) >= 11 is 12.5. The van der Waals surface area contributed by atoms with Crippen molar-refractivity contribution < 1.29 is 80.0 Å². The number of esters is 1. The van der Waals surface area contributed by atoms with Crippen molar-refractivity contribution in [2.75, 3.05) is 0 Å². The molecule has 1 aromatic carbocycles. The minimum atomic E-state index is -4.96. The van der Waals surface area contributed by atoms with Gasteiger partial charge < -0.3 is 23.8 Å². The summed E-state index contributed by atoms with van der Waals surface area (Å²) in [4.78, 5) is 32.7. The third-order valence-electron chi connectivity index (χ3n) is 2.55. The van der Waals surface area contributed by atoms with E-state index in [2.05, 4.69) is 0 Å². The number of hydrogen-bond acceptors (Lipinski definition) is 6. The van der Waals surface area contributed by atoms with Crippen LogP contribution < -0.4 is 61.0 Å². The monoisotopic (exact) mass is 434 g/mol. The quantitative estimate of drug-likeness (QED) is 0.300. The summed E-state index contributed by atoms with van der Waals surface area (Å²) in [7, 11) is -4.96. The van der Waals surface area contributed by atoms with Crippen LogP contribution in [0.4, 0.5) is 0 Å². The Kier molecular flexibility index (Phi) is 9.45. The Morgan fingerprint density at radius 1 is 1.29 bits per heavy atom. The van der Waals surface area contributed by atoms with Gasteiger partial charge in [-0.2, -0.15) is 0 Å². The number of hydrogen-bond donors (Lipinski definition) is 1. The number of ether oxygens (including phenoxy) is 2. The van der Waals surface area contributed by atoms with E-state index in [4.69, 9.17) is 32.7 Å². The zero-order valence-electron chi connectivity index (χ0n) is 12.3. The fourth-order valence-corrected chi connectivity index (χ4v) is 3.70. The third kappa shape index (κ3) is 6.70. The molecule has 1 aromatic heterocycles. The minimum absolute atomic E-state index is 0. The maximum absolute atomic E-state index is 11.9. The van der Waals surface area contributed by atoms with Crippen molar-refractivity contribution in [3.05, 3.63) is 51.7 Å². The Morgan fingerprint density at radius 3 is 2.42 bits per heavy atom. The van der Waals surface area contributed by atoms with Crippen molar-refractivity contribution in [1.82, 2.24) is 0 Å². The molecule has 3 atom stereocenters. The first-order valence-electron chi connectivity index (χ1n) is 6.11. The maximum Gasteiger partial charge on any atom is 1.00 e. The molecule has 0 radical (unpaired) electrons. The van der Waals surface area contributed by atoms with E-state index >= 15 is 0 Å². The predicted octanol–water partition coefficient (Wildman–Crippen LogP) is 0.137. The normalized spacial score (nSPS) is 15.5. The van der Waals surface area contributed by atoms with Gasteiger partial charge in [0.15, 0.2) is 13.4 Å². The number of thiophene rings is 1. The molecule has 0 bridgehead atoms. The van der Waals surface area contributed by atoms with Crippen LogP contribution in [0.2, 0.25) is 5.02 Å². The summed E-state index contributed by atoms with van der Waals surface area (Å²) in [6.07, 6.45) is 0.